The highest BCUT2D eigenvalue weighted by molar-refractivity contribution is 6.67. The molecule has 168 valence electrons. The third-order valence-electron chi connectivity index (χ3n) is 3.00. The van der Waals surface area contributed by atoms with E-state index in [-0.39, 0.29) is 11.1 Å². The molecule has 0 bridgehead atoms. The Morgan fingerprint density at radius 1 is 0.806 bits per heavy atom. The number of Topliss-reactive ketones (excluding diaryl/α,β-unsaturated/α-hetero) is 1. The Morgan fingerprint density at radius 2 is 1.23 bits per heavy atom. The molecule has 0 amide bonds. The molecule has 0 saturated heterocycles. The lowest BCUT2D eigenvalue weighted by molar-refractivity contribution is -0.275. The molecule has 0 radical (unpaired) electrons. The van der Waals surface area contributed by atoms with Crippen LogP contribution in [0.15, 0.2) is 48.5 Å². The van der Waals surface area contributed by atoms with E-state index in [9.17, 15) is 40.7 Å². The Bertz CT molecular complexity index is 942. The number of carbonyl (C=O) groups is 3. The van der Waals surface area contributed by atoms with Crippen LogP contribution >= 0.6 is 11.6 Å². The molecular weight excluding hydrogens is 462 g/mol. The van der Waals surface area contributed by atoms with E-state index in [1.54, 1.807) is 0 Å². The van der Waals surface area contributed by atoms with Gasteiger partial charge in [0.2, 0.25) is 0 Å². The van der Waals surface area contributed by atoms with E-state index in [2.05, 4.69) is 9.47 Å². The van der Waals surface area contributed by atoms with Gasteiger partial charge in [-0.3, -0.25) is 14.4 Å². The van der Waals surface area contributed by atoms with Crippen LogP contribution in [0.4, 0.5) is 26.3 Å². The van der Waals surface area contributed by atoms with Crippen LogP contribution in [0.2, 0.25) is 0 Å². The summed E-state index contributed by atoms with van der Waals surface area (Å²) in [4.78, 5) is 32.1. The number of carboxylic acids is 1. The fourth-order valence-electron chi connectivity index (χ4n) is 1.92. The zero-order valence-corrected chi connectivity index (χ0v) is 15.7. The molecule has 0 saturated carbocycles. The van der Waals surface area contributed by atoms with Crippen molar-refractivity contribution < 1.29 is 55.3 Å². The lowest BCUT2D eigenvalue weighted by Gasteiger charge is -2.09. The minimum atomic E-state index is -4.85. The highest BCUT2D eigenvalue weighted by Crippen LogP contribution is 2.24. The van der Waals surface area contributed by atoms with E-state index in [1.165, 1.54) is 24.3 Å². The minimum Gasteiger partial charge on any atom is -0.481 e. The highest BCUT2D eigenvalue weighted by Gasteiger charge is 2.32. The molecule has 0 atom stereocenters. The number of rotatable bonds is 6. The molecule has 0 heterocycles. The molecule has 31 heavy (non-hydrogen) atoms. The van der Waals surface area contributed by atoms with Crippen molar-refractivity contribution in [3.05, 3.63) is 59.7 Å². The van der Waals surface area contributed by atoms with Gasteiger partial charge in [0.1, 0.15) is 17.9 Å². The first-order chi connectivity index (χ1) is 14.2. The number of hydrogen-bond donors (Lipinski definition) is 1. The summed E-state index contributed by atoms with van der Waals surface area (Å²) < 4.78 is 78.0. The van der Waals surface area contributed by atoms with Crippen LogP contribution in [0.3, 0.4) is 0 Å². The Morgan fingerprint density at radius 3 is 1.61 bits per heavy atom. The molecule has 13 heteroatoms. The van der Waals surface area contributed by atoms with Gasteiger partial charge in [0.15, 0.2) is 5.78 Å². The third kappa shape index (κ3) is 10.9. The lowest BCUT2D eigenvalue weighted by Crippen LogP contribution is -2.17. The second kappa shape index (κ2) is 10.7. The van der Waals surface area contributed by atoms with Gasteiger partial charge in [-0.1, -0.05) is 18.2 Å². The quantitative estimate of drug-likeness (QED) is 0.269. The first-order valence-corrected chi connectivity index (χ1v) is 8.20. The first kappa shape index (κ1) is 25.8. The third-order valence-corrected chi connectivity index (χ3v) is 3.21. The highest BCUT2D eigenvalue weighted by atomic mass is 35.5. The van der Waals surface area contributed by atoms with E-state index in [0.717, 1.165) is 24.3 Å². The van der Waals surface area contributed by atoms with Gasteiger partial charge in [-0.25, -0.2) is 0 Å². The Kier molecular flexibility index (Phi) is 8.86. The van der Waals surface area contributed by atoms with Gasteiger partial charge in [-0.15, -0.1) is 26.3 Å². The molecule has 2 aromatic rings. The van der Waals surface area contributed by atoms with E-state index in [1.807, 2.05) is 0 Å². The van der Waals surface area contributed by atoms with Gasteiger partial charge in [-0.05, 0) is 41.9 Å². The van der Waals surface area contributed by atoms with Crippen molar-refractivity contribution in [2.75, 3.05) is 0 Å². The summed E-state index contributed by atoms with van der Waals surface area (Å²) in [7, 11) is 0. The predicted octanol–water partition coefficient (Wildman–Crippen LogP) is 5.21. The number of carboxylic acid groups (broad SMARTS) is 1. The summed E-state index contributed by atoms with van der Waals surface area (Å²) in [6, 6.07) is 8.80. The Hall–Kier alpha value is -3.28. The molecule has 0 aliphatic carbocycles. The normalized spacial score (nSPS) is 11.1. The van der Waals surface area contributed by atoms with Gasteiger partial charge in [0, 0.05) is 11.1 Å². The summed E-state index contributed by atoms with van der Waals surface area (Å²) >= 11 is 5.07. The van der Waals surface area contributed by atoms with Crippen LogP contribution in [0, 0.1) is 0 Å². The van der Waals surface area contributed by atoms with Crippen molar-refractivity contribution in [3.63, 3.8) is 0 Å². The fourth-order valence-corrected chi connectivity index (χ4v) is 2.04. The van der Waals surface area contributed by atoms with Gasteiger partial charge in [0.05, 0.1) is 0 Å². The number of halogens is 7. The summed E-state index contributed by atoms with van der Waals surface area (Å²) in [6.07, 6.45) is -10.4. The van der Waals surface area contributed by atoms with E-state index in [0.29, 0.717) is 0 Å². The molecule has 0 aliphatic heterocycles. The van der Waals surface area contributed by atoms with Crippen LogP contribution in [-0.2, 0) is 4.79 Å². The summed E-state index contributed by atoms with van der Waals surface area (Å²) in [5.41, 5.74) is -0.192. The molecule has 2 rings (SSSR count). The van der Waals surface area contributed by atoms with Crippen molar-refractivity contribution in [2.45, 2.75) is 19.1 Å². The van der Waals surface area contributed by atoms with Crippen molar-refractivity contribution in [1.82, 2.24) is 0 Å². The predicted molar refractivity (Wildman–Crippen MR) is 93.0 cm³/mol. The van der Waals surface area contributed by atoms with Crippen molar-refractivity contribution in [1.29, 1.82) is 0 Å². The molecule has 0 aromatic heterocycles. The van der Waals surface area contributed by atoms with Crippen LogP contribution in [-0.4, -0.2) is 34.8 Å². The van der Waals surface area contributed by atoms with E-state index in [4.69, 9.17) is 16.7 Å². The molecular formula is C18H11ClF6O6. The smallest absolute Gasteiger partial charge is 0.481 e. The topological polar surface area (TPSA) is 89.9 Å². The SMILES string of the molecule is O=C(Cl)c1cccc(OC(F)(F)F)c1.O=C(O)CC(=O)c1cccc(OC(F)(F)F)c1. The van der Waals surface area contributed by atoms with E-state index < -0.39 is 47.6 Å². The standard InChI is InChI=1S/C10H7F3O4.C8H4ClF3O2/c11-10(12,13)17-7-3-1-2-6(4-7)8(14)5-9(15)16;9-7(13)5-2-1-3-6(4-5)14-8(10,11)12/h1-4H,5H2,(H,15,16);1-4H. The fraction of sp³-hybridized carbons (Fsp3) is 0.167. The second-order valence-corrected chi connectivity index (χ2v) is 5.76. The number of hydrogen-bond acceptors (Lipinski definition) is 5. The molecule has 2 aromatic carbocycles. The van der Waals surface area contributed by atoms with Crippen LogP contribution < -0.4 is 9.47 Å². The Labute approximate surface area is 174 Å². The largest absolute Gasteiger partial charge is 0.573 e. The maximum atomic E-state index is 11.9. The van der Waals surface area contributed by atoms with Crippen LogP contribution in [0.1, 0.15) is 27.1 Å². The summed E-state index contributed by atoms with van der Waals surface area (Å²) in [6.45, 7) is 0. The maximum Gasteiger partial charge on any atom is 0.573 e. The second-order valence-electron chi connectivity index (χ2n) is 5.42. The average molecular weight is 473 g/mol. The minimum absolute atomic E-state index is 0.0478. The van der Waals surface area contributed by atoms with Gasteiger partial charge in [-0.2, -0.15) is 0 Å². The number of aliphatic carboxylic acids is 1. The average Bonchev–Trinajstić information content (AvgIpc) is 2.59. The number of carbonyl (C=O) groups excluding carboxylic acids is 2. The first-order valence-electron chi connectivity index (χ1n) is 7.83. The number of ketones is 1. The van der Waals surface area contributed by atoms with Crippen LogP contribution in [0.25, 0.3) is 0 Å². The summed E-state index contributed by atoms with van der Waals surface area (Å²) in [5.74, 6) is -3.17. The zero-order valence-electron chi connectivity index (χ0n) is 15.0. The van der Waals surface area contributed by atoms with Crippen LogP contribution in [0.5, 0.6) is 11.5 Å². The number of benzene rings is 2. The summed E-state index contributed by atoms with van der Waals surface area (Å²) in [5, 5.41) is 7.53. The van der Waals surface area contributed by atoms with Gasteiger partial charge >= 0.3 is 18.7 Å². The zero-order chi connectivity index (χ0) is 23.8. The molecule has 1 N–H and O–H groups in total. The van der Waals surface area contributed by atoms with Gasteiger partial charge < -0.3 is 14.6 Å². The molecule has 6 nitrogen and oxygen atoms in total. The lowest BCUT2D eigenvalue weighted by atomic mass is 10.1. The molecule has 0 unspecified atom stereocenters. The molecule has 0 spiro atoms. The molecule has 0 aliphatic rings. The number of alkyl halides is 6. The Balaban J connectivity index is 0.000000316. The maximum absolute atomic E-state index is 11.9. The van der Waals surface area contributed by atoms with Crippen molar-refractivity contribution in [2.24, 2.45) is 0 Å². The number of ether oxygens (including phenoxy) is 2. The van der Waals surface area contributed by atoms with Crippen molar-refractivity contribution >= 4 is 28.6 Å². The monoisotopic (exact) mass is 472 g/mol. The molecule has 0 fully saturated rings. The van der Waals surface area contributed by atoms with Crippen molar-refractivity contribution in [3.8, 4) is 11.5 Å². The van der Waals surface area contributed by atoms with E-state index >= 15 is 0 Å². The van der Waals surface area contributed by atoms with Gasteiger partial charge in [0.25, 0.3) is 5.24 Å².